The molecule has 6 nitrogen and oxygen atoms in total. The molecule has 0 fully saturated rings. The highest BCUT2D eigenvalue weighted by molar-refractivity contribution is 7.21. The maximum Gasteiger partial charge on any atom is 0.138 e. The van der Waals surface area contributed by atoms with Gasteiger partial charge in [-0.1, -0.05) is 30.3 Å². The van der Waals surface area contributed by atoms with Crippen LogP contribution < -0.4 is 5.32 Å². The van der Waals surface area contributed by atoms with E-state index >= 15 is 0 Å². The average Bonchev–Trinajstić information content (AvgIpc) is 3.28. The van der Waals surface area contributed by atoms with Crippen LogP contribution in [-0.2, 0) is 7.05 Å². The number of rotatable bonds is 6. The van der Waals surface area contributed by atoms with Gasteiger partial charge >= 0.3 is 0 Å². The quantitative estimate of drug-likeness (QED) is 0.535. The first-order valence-corrected chi connectivity index (χ1v) is 10.1. The van der Waals surface area contributed by atoms with Crippen molar-refractivity contribution in [1.82, 2.24) is 24.6 Å². The van der Waals surface area contributed by atoms with Gasteiger partial charge in [0.1, 0.15) is 16.5 Å². The van der Waals surface area contributed by atoms with E-state index in [4.69, 9.17) is 0 Å². The number of benzene rings is 1. The molecule has 0 aliphatic heterocycles. The van der Waals surface area contributed by atoms with Crippen molar-refractivity contribution in [3.63, 3.8) is 0 Å². The molecule has 0 saturated heterocycles. The topological polar surface area (TPSA) is 58.9 Å². The maximum absolute atomic E-state index is 4.68. The van der Waals surface area contributed by atoms with E-state index in [0.717, 1.165) is 28.4 Å². The summed E-state index contributed by atoms with van der Waals surface area (Å²) < 4.78 is 1.84. The summed E-state index contributed by atoms with van der Waals surface area (Å²) >= 11 is 1.70. The molecule has 144 valence electrons. The van der Waals surface area contributed by atoms with E-state index in [0.29, 0.717) is 0 Å². The minimum atomic E-state index is 0.200. The second kappa shape index (κ2) is 7.69. The van der Waals surface area contributed by atoms with E-state index in [1.54, 1.807) is 11.3 Å². The Morgan fingerprint density at radius 2 is 1.96 bits per heavy atom. The normalized spacial score (nSPS) is 12.6. The molecule has 0 saturated carbocycles. The zero-order valence-electron chi connectivity index (χ0n) is 16.5. The van der Waals surface area contributed by atoms with E-state index in [2.05, 4.69) is 75.9 Å². The van der Waals surface area contributed by atoms with Crippen LogP contribution in [0.5, 0.6) is 0 Å². The largest absolute Gasteiger partial charge is 0.367 e. The van der Waals surface area contributed by atoms with Crippen molar-refractivity contribution >= 4 is 27.4 Å². The fourth-order valence-electron chi connectivity index (χ4n) is 3.31. The van der Waals surface area contributed by atoms with E-state index in [1.807, 2.05) is 30.9 Å². The second-order valence-electron chi connectivity index (χ2n) is 7.12. The molecule has 1 unspecified atom stereocenters. The molecule has 0 aliphatic carbocycles. The molecule has 0 amide bonds. The van der Waals surface area contributed by atoms with Gasteiger partial charge in [-0.15, -0.1) is 11.3 Å². The third-order valence-electron chi connectivity index (χ3n) is 4.76. The Morgan fingerprint density at radius 1 is 1.18 bits per heavy atom. The lowest BCUT2D eigenvalue weighted by Gasteiger charge is -2.24. The van der Waals surface area contributed by atoms with Gasteiger partial charge in [0.25, 0.3) is 0 Å². The van der Waals surface area contributed by atoms with Crippen LogP contribution in [0.25, 0.3) is 20.7 Å². The molecule has 0 bridgehead atoms. The summed E-state index contributed by atoms with van der Waals surface area (Å²) in [6.45, 7) is 2.68. The number of fused-ring (bicyclic) bond motifs is 1. The van der Waals surface area contributed by atoms with Crippen LogP contribution in [0, 0.1) is 6.92 Å². The third-order valence-corrected chi connectivity index (χ3v) is 5.84. The number of anilines is 1. The number of nitrogens with zero attached hydrogens (tertiary/aromatic N) is 5. The summed E-state index contributed by atoms with van der Waals surface area (Å²) in [6.07, 6.45) is 3.98. The summed E-state index contributed by atoms with van der Waals surface area (Å²) in [4.78, 5) is 13.7. The zero-order chi connectivity index (χ0) is 19.7. The number of aryl methyl sites for hydroxylation is 2. The predicted molar refractivity (Wildman–Crippen MR) is 116 cm³/mol. The Bertz CT molecular complexity index is 1080. The van der Waals surface area contributed by atoms with Gasteiger partial charge in [-0.2, -0.15) is 5.10 Å². The summed E-state index contributed by atoms with van der Waals surface area (Å²) in [5, 5.41) is 8.94. The first kappa shape index (κ1) is 18.6. The summed E-state index contributed by atoms with van der Waals surface area (Å²) in [7, 11) is 6.11. The Labute approximate surface area is 168 Å². The second-order valence-corrected chi connectivity index (χ2v) is 8.15. The maximum atomic E-state index is 4.68. The van der Waals surface area contributed by atoms with Gasteiger partial charge in [0.2, 0.25) is 0 Å². The lowest BCUT2D eigenvalue weighted by molar-refractivity contribution is 0.311. The molecule has 3 heterocycles. The van der Waals surface area contributed by atoms with Crippen LogP contribution >= 0.6 is 11.3 Å². The Balaban J connectivity index is 1.65. The lowest BCUT2D eigenvalue weighted by Crippen LogP contribution is -2.27. The van der Waals surface area contributed by atoms with Gasteiger partial charge in [0.15, 0.2) is 0 Å². The van der Waals surface area contributed by atoms with E-state index in [9.17, 15) is 0 Å². The molecule has 7 heteroatoms. The van der Waals surface area contributed by atoms with Gasteiger partial charge < -0.3 is 10.2 Å². The fourth-order valence-corrected chi connectivity index (χ4v) is 4.39. The van der Waals surface area contributed by atoms with Crippen molar-refractivity contribution in [2.45, 2.75) is 13.0 Å². The molecular formula is C21H24N6S. The number of likely N-dealkylation sites (N-methyl/N-ethyl adjacent to an activating group) is 1. The average molecular weight is 393 g/mol. The first-order valence-electron chi connectivity index (χ1n) is 9.23. The minimum Gasteiger partial charge on any atom is -0.367 e. The number of hydrogen-bond donors (Lipinski definition) is 1. The summed E-state index contributed by atoms with van der Waals surface area (Å²) in [5.74, 6) is 1.66. The lowest BCUT2D eigenvalue weighted by atomic mass is 10.1. The molecular weight excluding hydrogens is 368 g/mol. The molecule has 1 atom stereocenters. The SMILES string of the molecule is Cc1nc(NCC(c2cnn(C)c2)N(C)C)c2cc(-c3ccccc3)sc2n1. The van der Waals surface area contributed by atoms with Crippen LogP contribution in [0.4, 0.5) is 5.82 Å². The van der Waals surface area contributed by atoms with Gasteiger partial charge in [-0.25, -0.2) is 9.97 Å². The third kappa shape index (κ3) is 3.76. The molecule has 0 spiro atoms. The molecule has 4 rings (SSSR count). The van der Waals surface area contributed by atoms with Crippen molar-refractivity contribution in [3.8, 4) is 10.4 Å². The molecule has 0 radical (unpaired) electrons. The van der Waals surface area contributed by atoms with Crippen molar-refractivity contribution in [1.29, 1.82) is 0 Å². The van der Waals surface area contributed by atoms with Gasteiger partial charge in [0, 0.05) is 30.2 Å². The monoisotopic (exact) mass is 392 g/mol. The highest BCUT2D eigenvalue weighted by Crippen LogP contribution is 2.35. The highest BCUT2D eigenvalue weighted by Gasteiger charge is 2.18. The fraction of sp³-hybridized carbons (Fsp3) is 0.286. The predicted octanol–water partition coefficient (Wildman–Crippen LogP) is 4.12. The standard InChI is InChI=1S/C21H24N6S/c1-14-24-20(22-12-18(26(2)3)16-11-23-27(4)13-16)17-10-19(28-21(17)25-14)15-8-6-5-7-9-15/h5-11,13,18H,12H2,1-4H3,(H,22,24,25). The number of hydrogen-bond acceptors (Lipinski definition) is 6. The van der Waals surface area contributed by atoms with Gasteiger partial charge in [-0.05, 0) is 32.6 Å². The van der Waals surface area contributed by atoms with Crippen LogP contribution in [-0.4, -0.2) is 45.3 Å². The Hall–Kier alpha value is -2.77. The van der Waals surface area contributed by atoms with E-state index in [-0.39, 0.29) is 6.04 Å². The molecule has 28 heavy (non-hydrogen) atoms. The molecule has 1 N–H and O–H groups in total. The van der Waals surface area contributed by atoms with Crippen molar-refractivity contribution in [3.05, 3.63) is 60.2 Å². The number of aromatic nitrogens is 4. The summed E-state index contributed by atoms with van der Waals surface area (Å²) in [6, 6.07) is 12.8. The van der Waals surface area contributed by atoms with Gasteiger partial charge in [0.05, 0.1) is 17.6 Å². The van der Waals surface area contributed by atoms with Crippen LogP contribution in [0.2, 0.25) is 0 Å². The molecule has 1 aromatic carbocycles. The molecule has 4 aromatic rings. The smallest absolute Gasteiger partial charge is 0.138 e. The first-order chi connectivity index (χ1) is 13.5. The molecule has 3 aromatic heterocycles. The highest BCUT2D eigenvalue weighted by atomic mass is 32.1. The van der Waals surface area contributed by atoms with Crippen molar-refractivity contribution < 1.29 is 0 Å². The van der Waals surface area contributed by atoms with Crippen LogP contribution in [0.15, 0.2) is 48.8 Å². The Kier molecular flexibility index (Phi) is 5.11. The number of thiophene rings is 1. The van der Waals surface area contributed by atoms with Crippen LogP contribution in [0.3, 0.4) is 0 Å². The van der Waals surface area contributed by atoms with E-state index in [1.165, 1.54) is 16.0 Å². The minimum absolute atomic E-state index is 0.200. The molecule has 0 aliphatic rings. The van der Waals surface area contributed by atoms with Gasteiger partial charge in [-0.3, -0.25) is 4.68 Å². The van der Waals surface area contributed by atoms with Crippen molar-refractivity contribution in [2.24, 2.45) is 7.05 Å². The summed E-state index contributed by atoms with van der Waals surface area (Å²) in [5.41, 5.74) is 2.38. The Morgan fingerprint density at radius 3 is 2.64 bits per heavy atom. The van der Waals surface area contributed by atoms with Crippen LogP contribution in [0.1, 0.15) is 17.4 Å². The van der Waals surface area contributed by atoms with Crippen molar-refractivity contribution in [2.75, 3.05) is 26.0 Å². The number of nitrogens with one attached hydrogen (secondary N) is 1. The zero-order valence-corrected chi connectivity index (χ0v) is 17.4. The van der Waals surface area contributed by atoms with E-state index < -0.39 is 0 Å².